The number of hydrogen-bond donors (Lipinski definition) is 0. The van der Waals surface area contributed by atoms with Gasteiger partial charge in [-0.1, -0.05) is 30.3 Å². The highest BCUT2D eigenvalue weighted by atomic mass is 35.5. The summed E-state index contributed by atoms with van der Waals surface area (Å²) in [5, 5.41) is 2.55. The second-order valence-electron chi connectivity index (χ2n) is 4.02. The standard InChI is InChI=1S/C14H13N2.ClH/c1-15-8-9-16(11-15)14-7-6-12-4-2-3-5-13(12)10-14;/h2-11H,1H3;1H/q+1;/p-1. The predicted molar refractivity (Wildman–Crippen MR) is 64.5 cm³/mol. The third-order valence-corrected chi connectivity index (χ3v) is 2.80. The Bertz CT molecular complexity index is 643. The second kappa shape index (κ2) is 4.60. The van der Waals surface area contributed by atoms with Crippen molar-refractivity contribution in [1.82, 2.24) is 4.57 Å². The molecule has 86 valence electrons. The van der Waals surface area contributed by atoms with Crippen molar-refractivity contribution in [3.8, 4) is 5.69 Å². The Morgan fingerprint density at radius 1 is 1.00 bits per heavy atom. The lowest BCUT2D eigenvalue weighted by molar-refractivity contribution is -0.670. The molecule has 0 saturated carbocycles. The van der Waals surface area contributed by atoms with E-state index >= 15 is 0 Å². The first kappa shape index (κ1) is 11.7. The van der Waals surface area contributed by atoms with Gasteiger partial charge in [0, 0.05) is 0 Å². The molecule has 0 aliphatic rings. The van der Waals surface area contributed by atoms with Crippen molar-refractivity contribution in [3.05, 3.63) is 61.2 Å². The molecule has 0 aliphatic carbocycles. The quantitative estimate of drug-likeness (QED) is 0.509. The summed E-state index contributed by atoms with van der Waals surface area (Å²) in [6, 6.07) is 14.9. The van der Waals surface area contributed by atoms with Crippen LogP contribution >= 0.6 is 0 Å². The average molecular weight is 245 g/mol. The van der Waals surface area contributed by atoms with Gasteiger partial charge in [0.05, 0.1) is 7.05 Å². The van der Waals surface area contributed by atoms with Crippen LogP contribution in [-0.2, 0) is 7.05 Å². The van der Waals surface area contributed by atoms with Gasteiger partial charge in [-0.05, 0) is 22.9 Å². The predicted octanol–water partition coefficient (Wildman–Crippen LogP) is -0.541. The molecule has 3 rings (SSSR count). The highest BCUT2D eigenvalue weighted by Crippen LogP contribution is 2.17. The number of rotatable bonds is 1. The van der Waals surface area contributed by atoms with E-state index in [1.54, 1.807) is 0 Å². The van der Waals surface area contributed by atoms with Crippen LogP contribution in [0.25, 0.3) is 16.5 Å². The molecule has 17 heavy (non-hydrogen) atoms. The van der Waals surface area contributed by atoms with E-state index in [9.17, 15) is 0 Å². The van der Waals surface area contributed by atoms with Crippen LogP contribution in [0, 0.1) is 0 Å². The van der Waals surface area contributed by atoms with Crippen LogP contribution in [0.3, 0.4) is 0 Å². The molecular formula is C14H13ClN2. The molecule has 3 heteroatoms. The fraction of sp³-hybridized carbons (Fsp3) is 0.0714. The Labute approximate surface area is 107 Å². The Hall–Kier alpha value is -1.80. The van der Waals surface area contributed by atoms with Crippen molar-refractivity contribution < 1.29 is 17.0 Å². The Morgan fingerprint density at radius 3 is 2.47 bits per heavy atom. The molecular weight excluding hydrogens is 232 g/mol. The van der Waals surface area contributed by atoms with Crippen LogP contribution in [0.15, 0.2) is 61.2 Å². The topological polar surface area (TPSA) is 8.81 Å². The third kappa shape index (κ3) is 2.17. The highest BCUT2D eigenvalue weighted by molar-refractivity contribution is 5.84. The van der Waals surface area contributed by atoms with Crippen LogP contribution < -0.4 is 17.0 Å². The molecule has 0 fully saturated rings. The van der Waals surface area contributed by atoms with Crippen molar-refractivity contribution in [2.24, 2.45) is 7.05 Å². The highest BCUT2D eigenvalue weighted by Gasteiger charge is 2.04. The van der Waals surface area contributed by atoms with E-state index in [1.165, 1.54) is 16.5 Å². The van der Waals surface area contributed by atoms with Crippen LogP contribution in [0.1, 0.15) is 0 Å². The number of nitrogens with zero attached hydrogens (tertiary/aromatic N) is 2. The maximum Gasteiger partial charge on any atom is 0.248 e. The normalized spacial score (nSPS) is 10.2. The molecule has 0 bridgehead atoms. The van der Waals surface area contributed by atoms with Crippen molar-refractivity contribution >= 4 is 10.8 Å². The molecule has 0 N–H and O–H groups in total. The van der Waals surface area contributed by atoms with E-state index in [0.717, 1.165) is 0 Å². The van der Waals surface area contributed by atoms with Gasteiger partial charge in [-0.3, -0.25) is 0 Å². The zero-order valence-corrected chi connectivity index (χ0v) is 10.3. The van der Waals surface area contributed by atoms with Crippen LogP contribution in [-0.4, -0.2) is 4.57 Å². The Kier molecular flexibility index (Phi) is 3.16. The van der Waals surface area contributed by atoms with E-state index in [0.29, 0.717) is 0 Å². The van der Waals surface area contributed by atoms with Gasteiger partial charge in [-0.15, -0.1) is 0 Å². The Morgan fingerprint density at radius 2 is 1.76 bits per heavy atom. The summed E-state index contributed by atoms with van der Waals surface area (Å²) in [7, 11) is 2.03. The summed E-state index contributed by atoms with van der Waals surface area (Å²) in [4.78, 5) is 0. The summed E-state index contributed by atoms with van der Waals surface area (Å²) in [5.41, 5.74) is 1.19. The summed E-state index contributed by atoms with van der Waals surface area (Å²) < 4.78 is 4.15. The van der Waals surface area contributed by atoms with Crippen molar-refractivity contribution in [2.45, 2.75) is 0 Å². The summed E-state index contributed by atoms with van der Waals surface area (Å²) in [6.07, 6.45) is 6.16. The van der Waals surface area contributed by atoms with Gasteiger partial charge in [0.1, 0.15) is 18.1 Å². The summed E-state index contributed by atoms with van der Waals surface area (Å²) in [6.45, 7) is 0. The first-order valence-corrected chi connectivity index (χ1v) is 5.35. The second-order valence-corrected chi connectivity index (χ2v) is 4.02. The number of halogens is 1. The molecule has 2 nitrogen and oxygen atoms in total. The van der Waals surface area contributed by atoms with Gasteiger partial charge in [-0.2, -0.15) is 0 Å². The SMILES string of the molecule is C[n+]1ccn(-c2ccc3ccccc3c2)c1.[Cl-]. The average Bonchev–Trinajstić information content (AvgIpc) is 2.75. The van der Waals surface area contributed by atoms with Crippen molar-refractivity contribution in [2.75, 3.05) is 0 Å². The van der Waals surface area contributed by atoms with Crippen molar-refractivity contribution in [1.29, 1.82) is 0 Å². The maximum atomic E-state index is 2.20. The first-order valence-electron chi connectivity index (χ1n) is 5.35. The lowest BCUT2D eigenvalue weighted by Gasteiger charge is -1.99. The minimum Gasteiger partial charge on any atom is -1.00 e. The minimum atomic E-state index is 0. The smallest absolute Gasteiger partial charge is 0.248 e. The third-order valence-electron chi connectivity index (χ3n) is 2.80. The van der Waals surface area contributed by atoms with Gasteiger partial charge >= 0.3 is 0 Å². The van der Waals surface area contributed by atoms with E-state index in [4.69, 9.17) is 0 Å². The molecule has 0 amide bonds. The molecule has 0 unspecified atom stereocenters. The van der Waals surface area contributed by atoms with Gasteiger partial charge in [0.25, 0.3) is 0 Å². The lowest BCUT2D eigenvalue weighted by atomic mass is 10.1. The molecule has 1 heterocycles. The fourth-order valence-electron chi connectivity index (χ4n) is 1.94. The monoisotopic (exact) mass is 244 g/mol. The number of hydrogen-bond acceptors (Lipinski definition) is 0. The number of aromatic nitrogens is 2. The molecule has 0 atom stereocenters. The van der Waals surface area contributed by atoms with Gasteiger partial charge in [0.15, 0.2) is 0 Å². The first-order chi connectivity index (χ1) is 7.83. The van der Waals surface area contributed by atoms with Gasteiger partial charge < -0.3 is 12.4 Å². The zero-order valence-electron chi connectivity index (χ0n) is 9.55. The minimum absolute atomic E-state index is 0. The maximum absolute atomic E-state index is 2.20. The Balaban J connectivity index is 0.00000108. The fourth-order valence-corrected chi connectivity index (χ4v) is 1.94. The summed E-state index contributed by atoms with van der Waals surface area (Å²) >= 11 is 0. The molecule has 0 radical (unpaired) electrons. The van der Waals surface area contributed by atoms with Crippen molar-refractivity contribution in [3.63, 3.8) is 0 Å². The lowest BCUT2D eigenvalue weighted by Crippen LogP contribution is -3.00. The zero-order chi connectivity index (χ0) is 11.0. The van der Waals surface area contributed by atoms with E-state index < -0.39 is 0 Å². The largest absolute Gasteiger partial charge is 1.00 e. The number of benzene rings is 2. The molecule has 3 aromatic rings. The van der Waals surface area contributed by atoms with Crippen LogP contribution in [0.5, 0.6) is 0 Å². The molecule has 0 spiro atoms. The molecule has 0 aliphatic heterocycles. The number of imidazole rings is 1. The molecule has 1 aromatic heterocycles. The van der Waals surface area contributed by atoms with Gasteiger partial charge in [0.2, 0.25) is 6.33 Å². The molecule has 0 saturated heterocycles. The number of aryl methyl sites for hydroxylation is 1. The van der Waals surface area contributed by atoms with E-state index in [-0.39, 0.29) is 12.4 Å². The van der Waals surface area contributed by atoms with Crippen LogP contribution in [0.2, 0.25) is 0 Å². The number of fused-ring (bicyclic) bond motifs is 1. The molecule has 2 aromatic carbocycles. The van der Waals surface area contributed by atoms with Crippen LogP contribution in [0.4, 0.5) is 0 Å². The summed E-state index contributed by atoms with van der Waals surface area (Å²) in [5.74, 6) is 0. The van der Waals surface area contributed by atoms with E-state index in [2.05, 4.69) is 59.6 Å². The van der Waals surface area contributed by atoms with Gasteiger partial charge in [-0.25, -0.2) is 9.13 Å². The van der Waals surface area contributed by atoms with E-state index in [1.807, 2.05) is 17.8 Å².